The van der Waals surface area contributed by atoms with E-state index in [1.54, 1.807) is 24.3 Å². The van der Waals surface area contributed by atoms with Crippen molar-refractivity contribution in [1.29, 1.82) is 0 Å². The highest BCUT2D eigenvalue weighted by molar-refractivity contribution is 7.86. The Labute approximate surface area is 132 Å². The lowest BCUT2D eigenvalue weighted by Gasteiger charge is -2.11. The molecule has 3 rings (SSSR count). The quantitative estimate of drug-likeness (QED) is 0.733. The lowest BCUT2D eigenvalue weighted by atomic mass is 10.2. The average Bonchev–Trinajstić information content (AvgIpc) is 3.09. The van der Waals surface area contributed by atoms with E-state index in [9.17, 15) is 13.2 Å². The summed E-state index contributed by atoms with van der Waals surface area (Å²) in [5, 5.41) is 14.5. The van der Waals surface area contributed by atoms with Crippen LogP contribution in [0.25, 0.3) is 0 Å². The molecule has 0 fully saturated rings. The minimum Gasteiger partial charge on any atom is -0.497 e. The molecule has 2 heterocycles. The van der Waals surface area contributed by atoms with Gasteiger partial charge in [-0.15, -0.1) is 0 Å². The smallest absolute Gasteiger partial charge is 0.277 e. The van der Waals surface area contributed by atoms with E-state index in [1.807, 2.05) is 0 Å². The van der Waals surface area contributed by atoms with Gasteiger partial charge in [0.05, 0.1) is 19.3 Å². The molecule has 1 aliphatic heterocycles. The van der Waals surface area contributed by atoms with E-state index >= 15 is 0 Å². The lowest BCUT2D eigenvalue weighted by Crippen LogP contribution is -2.32. The van der Waals surface area contributed by atoms with Gasteiger partial charge in [-0.05, 0) is 18.2 Å². The third kappa shape index (κ3) is 3.04. The summed E-state index contributed by atoms with van der Waals surface area (Å²) >= 11 is 0. The van der Waals surface area contributed by atoms with Gasteiger partial charge in [-0.3, -0.25) is 9.89 Å². The van der Waals surface area contributed by atoms with E-state index in [1.165, 1.54) is 7.11 Å². The highest BCUT2D eigenvalue weighted by Crippen LogP contribution is 2.28. The largest absolute Gasteiger partial charge is 0.497 e. The fourth-order valence-electron chi connectivity index (χ4n) is 2.34. The van der Waals surface area contributed by atoms with Crippen LogP contribution >= 0.6 is 0 Å². The molecule has 0 bridgehead atoms. The van der Waals surface area contributed by atoms with Crippen LogP contribution in [0.3, 0.4) is 0 Å². The van der Waals surface area contributed by atoms with Gasteiger partial charge in [0.25, 0.3) is 16.1 Å². The number of nitrogens with one attached hydrogen (secondary N) is 2. The van der Waals surface area contributed by atoms with Crippen LogP contribution in [0.1, 0.15) is 21.6 Å². The molecule has 4 N–H and O–H groups in total. The van der Waals surface area contributed by atoms with Gasteiger partial charge in [0.1, 0.15) is 11.6 Å². The number of nitrogens with two attached hydrogens (primary N) is 1. The maximum atomic E-state index is 12.3. The van der Waals surface area contributed by atoms with Crippen LogP contribution < -0.4 is 15.2 Å². The van der Waals surface area contributed by atoms with Crippen molar-refractivity contribution in [1.82, 2.24) is 14.5 Å². The summed E-state index contributed by atoms with van der Waals surface area (Å²) in [4.78, 5) is 12.3. The Morgan fingerprint density at radius 2 is 2.22 bits per heavy atom. The number of rotatable bonds is 4. The van der Waals surface area contributed by atoms with Crippen LogP contribution in [0.4, 0.5) is 5.82 Å². The number of carbonyl (C=O) groups excluding carboxylic acids is 1. The van der Waals surface area contributed by atoms with Crippen molar-refractivity contribution < 1.29 is 17.9 Å². The number of anilines is 1. The van der Waals surface area contributed by atoms with Crippen molar-refractivity contribution in [3.8, 4) is 5.75 Å². The first-order chi connectivity index (χ1) is 10.9. The number of benzene rings is 1. The van der Waals surface area contributed by atoms with Crippen molar-refractivity contribution in [3.05, 3.63) is 41.1 Å². The second kappa shape index (κ2) is 5.65. The molecule has 1 amide bonds. The van der Waals surface area contributed by atoms with Gasteiger partial charge in [-0.2, -0.15) is 17.8 Å². The first-order valence-corrected chi connectivity index (χ1v) is 8.18. The zero-order valence-electron chi connectivity index (χ0n) is 12.2. The van der Waals surface area contributed by atoms with Gasteiger partial charge in [0.2, 0.25) is 0 Å². The number of fused-ring (bicyclic) bond motifs is 1. The second-order valence-electron chi connectivity index (χ2n) is 5.02. The van der Waals surface area contributed by atoms with Crippen LogP contribution in [0.5, 0.6) is 5.75 Å². The van der Waals surface area contributed by atoms with Crippen LogP contribution in [-0.4, -0.2) is 35.9 Å². The number of H-pyrrole nitrogens is 1. The maximum Gasteiger partial charge on any atom is 0.277 e. The van der Waals surface area contributed by atoms with Gasteiger partial charge in [-0.1, -0.05) is 6.07 Å². The van der Waals surface area contributed by atoms with Gasteiger partial charge in [0.15, 0.2) is 0 Å². The molecule has 23 heavy (non-hydrogen) atoms. The number of aromatic amines is 1. The zero-order valence-corrected chi connectivity index (χ0v) is 13.1. The highest BCUT2D eigenvalue weighted by Gasteiger charge is 2.31. The molecule has 0 saturated heterocycles. The van der Waals surface area contributed by atoms with E-state index in [-0.39, 0.29) is 19.0 Å². The van der Waals surface area contributed by atoms with Gasteiger partial charge >= 0.3 is 0 Å². The molecule has 2 aromatic rings. The first-order valence-electron chi connectivity index (χ1n) is 6.68. The number of nitrogens with zero attached hydrogens (tertiary/aromatic N) is 2. The van der Waals surface area contributed by atoms with Crippen molar-refractivity contribution >= 4 is 21.9 Å². The second-order valence-corrected chi connectivity index (χ2v) is 6.57. The minimum absolute atomic E-state index is 0.0678. The summed E-state index contributed by atoms with van der Waals surface area (Å²) in [6.45, 7) is 0.151. The van der Waals surface area contributed by atoms with Crippen molar-refractivity contribution in [2.24, 2.45) is 5.14 Å². The number of methoxy groups -OCH3 is 1. The van der Waals surface area contributed by atoms with Crippen LogP contribution in [0.15, 0.2) is 24.3 Å². The third-order valence-electron chi connectivity index (χ3n) is 3.54. The van der Waals surface area contributed by atoms with Gasteiger partial charge in [0, 0.05) is 17.7 Å². The Kier molecular flexibility index (Phi) is 3.80. The van der Waals surface area contributed by atoms with Crippen molar-refractivity contribution in [2.75, 3.05) is 12.4 Å². The molecule has 0 saturated carbocycles. The molecule has 1 aliphatic rings. The predicted octanol–water partition coefficient (Wildman–Crippen LogP) is 0.190. The fourth-order valence-corrected chi connectivity index (χ4v) is 2.95. The highest BCUT2D eigenvalue weighted by atomic mass is 32.2. The van der Waals surface area contributed by atoms with Crippen LogP contribution in [0, 0.1) is 0 Å². The first kappa shape index (κ1) is 15.5. The SMILES string of the molecule is COc1cccc(C(=O)Nc2[nH]nc3c2CN(S(N)(=O)=O)C3)c1. The molecule has 0 aliphatic carbocycles. The maximum absolute atomic E-state index is 12.3. The Balaban J connectivity index is 1.79. The molecule has 1 aromatic heterocycles. The van der Waals surface area contributed by atoms with Crippen molar-refractivity contribution in [2.45, 2.75) is 13.1 Å². The number of carbonyl (C=O) groups is 1. The molecule has 9 nitrogen and oxygen atoms in total. The lowest BCUT2D eigenvalue weighted by molar-refractivity contribution is 0.102. The number of ether oxygens (including phenoxy) is 1. The van der Waals surface area contributed by atoms with E-state index in [4.69, 9.17) is 9.88 Å². The number of hydrogen-bond acceptors (Lipinski definition) is 5. The van der Waals surface area contributed by atoms with Crippen LogP contribution in [0.2, 0.25) is 0 Å². The topological polar surface area (TPSA) is 130 Å². The third-order valence-corrected chi connectivity index (χ3v) is 4.52. The Morgan fingerprint density at radius 3 is 2.91 bits per heavy atom. The van der Waals surface area contributed by atoms with E-state index in [0.29, 0.717) is 28.4 Å². The Morgan fingerprint density at radius 1 is 1.43 bits per heavy atom. The fraction of sp³-hybridized carbons (Fsp3) is 0.231. The Bertz CT molecular complexity index is 861. The van der Waals surface area contributed by atoms with Crippen molar-refractivity contribution in [3.63, 3.8) is 0 Å². The summed E-state index contributed by atoms with van der Waals surface area (Å²) < 4.78 is 28.9. The van der Waals surface area contributed by atoms with E-state index < -0.39 is 10.2 Å². The molecule has 1 aromatic carbocycles. The predicted molar refractivity (Wildman–Crippen MR) is 81.9 cm³/mol. The molecule has 10 heteroatoms. The average molecular weight is 337 g/mol. The summed E-state index contributed by atoms with van der Waals surface area (Å²) in [6, 6.07) is 6.68. The van der Waals surface area contributed by atoms with Crippen LogP contribution in [-0.2, 0) is 23.3 Å². The Hall–Kier alpha value is -2.43. The molecule has 0 atom stereocenters. The normalized spacial score (nSPS) is 14.5. The molecule has 122 valence electrons. The molecule has 0 spiro atoms. The molecular formula is C13H15N5O4S. The summed E-state index contributed by atoms with van der Waals surface area (Å²) in [5.41, 5.74) is 1.56. The van der Waals surface area contributed by atoms with E-state index in [2.05, 4.69) is 15.5 Å². The summed E-state index contributed by atoms with van der Waals surface area (Å²) in [5.74, 6) is 0.566. The molecular weight excluding hydrogens is 322 g/mol. The monoisotopic (exact) mass is 337 g/mol. The number of aromatic nitrogens is 2. The van der Waals surface area contributed by atoms with E-state index in [0.717, 1.165) is 4.31 Å². The number of hydrogen-bond donors (Lipinski definition) is 3. The zero-order chi connectivity index (χ0) is 16.6. The van der Waals surface area contributed by atoms with Gasteiger partial charge in [-0.25, -0.2) is 5.14 Å². The summed E-state index contributed by atoms with van der Waals surface area (Å²) in [7, 11) is -2.28. The molecule has 0 unspecified atom stereocenters. The van der Waals surface area contributed by atoms with Gasteiger partial charge < -0.3 is 10.1 Å². The number of amides is 1. The molecule has 0 radical (unpaired) electrons. The standard InChI is InChI=1S/C13H15N5O4S/c1-22-9-4-2-3-8(5-9)13(19)15-12-10-6-18(23(14,20)21)7-11(10)16-17-12/h2-5H,6-7H2,1H3,(H2,14,20,21)(H2,15,16,17,19). The minimum atomic E-state index is -3.80. The summed E-state index contributed by atoms with van der Waals surface area (Å²) in [6.07, 6.45) is 0.